The third-order valence-corrected chi connectivity index (χ3v) is 3.89. The largest absolute Gasteiger partial charge is 0.444 e. The number of fused-ring (bicyclic) bond motifs is 1. The molecule has 1 aromatic heterocycles. The quantitative estimate of drug-likeness (QED) is 0.839. The number of nitrogens with zero attached hydrogens (tertiary/aromatic N) is 2. The van der Waals surface area contributed by atoms with E-state index in [9.17, 15) is 9.59 Å². The van der Waals surface area contributed by atoms with Crippen LogP contribution in [0.2, 0.25) is 0 Å². The van der Waals surface area contributed by atoms with Crippen LogP contribution >= 0.6 is 0 Å². The Hall–Kier alpha value is -2.63. The maximum atomic E-state index is 12.3. The van der Waals surface area contributed by atoms with Gasteiger partial charge in [-0.3, -0.25) is 0 Å². The molecule has 6 heteroatoms. The average Bonchev–Trinajstić information content (AvgIpc) is 2.53. The van der Waals surface area contributed by atoms with Gasteiger partial charge in [-0.1, -0.05) is 30.3 Å². The Balaban J connectivity index is 1.81. The van der Waals surface area contributed by atoms with Crippen molar-refractivity contribution >= 4 is 6.09 Å². The number of benzene rings is 1. The number of hydrogen-bond acceptors (Lipinski definition) is 5. The Morgan fingerprint density at radius 3 is 2.68 bits per heavy atom. The molecule has 1 amide bonds. The first-order valence-corrected chi connectivity index (χ1v) is 8.35. The van der Waals surface area contributed by atoms with Gasteiger partial charge in [0.2, 0.25) is 5.89 Å². The molecule has 0 spiro atoms. The summed E-state index contributed by atoms with van der Waals surface area (Å²) in [4.78, 5) is 30.6. The minimum absolute atomic E-state index is 0.262. The van der Waals surface area contributed by atoms with Crippen molar-refractivity contribution in [1.29, 1.82) is 0 Å². The van der Waals surface area contributed by atoms with Crippen LogP contribution in [0.25, 0.3) is 0 Å². The van der Waals surface area contributed by atoms with Crippen molar-refractivity contribution in [1.82, 2.24) is 9.88 Å². The second-order valence-corrected chi connectivity index (χ2v) is 7.13. The van der Waals surface area contributed by atoms with Crippen LogP contribution < -0.4 is 5.63 Å². The molecule has 0 aliphatic carbocycles. The molecule has 2 heterocycles. The predicted octanol–water partition coefficient (Wildman–Crippen LogP) is 2.92. The van der Waals surface area contributed by atoms with Gasteiger partial charge in [-0.25, -0.2) is 14.6 Å². The number of hydrogen-bond donors (Lipinski definition) is 0. The van der Waals surface area contributed by atoms with Gasteiger partial charge in [-0.05, 0) is 32.8 Å². The van der Waals surface area contributed by atoms with E-state index >= 15 is 0 Å². The van der Waals surface area contributed by atoms with Crippen molar-refractivity contribution in [3.05, 3.63) is 63.5 Å². The summed E-state index contributed by atoms with van der Waals surface area (Å²) in [5.41, 5.74) is 1.24. The van der Waals surface area contributed by atoms with Crippen molar-refractivity contribution in [2.24, 2.45) is 0 Å². The highest BCUT2D eigenvalue weighted by molar-refractivity contribution is 5.68. The van der Waals surface area contributed by atoms with Crippen LogP contribution in [0.15, 0.2) is 39.5 Å². The summed E-state index contributed by atoms with van der Waals surface area (Å²) in [6, 6.07) is 9.69. The summed E-state index contributed by atoms with van der Waals surface area (Å²) in [5, 5.41) is 0. The first-order valence-electron chi connectivity index (χ1n) is 8.35. The van der Waals surface area contributed by atoms with Crippen LogP contribution in [0, 0.1) is 0 Å². The van der Waals surface area contributed by atoms with Gasteiger partial charge in [0, 0.05) is 13.0 Å². The minimum atomic E-state index is -0.557. The van der Waals surface area contributed by atoms with Crippen molar-refractivity contribution in [3.8, 4) is 0 Å². The van der Waals surface area contributed by atoms with E-state index in [1.165, 1.54) is 0 Å². The second-order valence-electron chi connectivity index (χ2n) is 7.13. The molecule has 0 N–H and O–H groups in total. The molecular formula is C19H22N2O4. The monoisotopic (exact) mass is 342 g/mol. The Morgan fingerprint density at radius 2 is 2.00 bits per heavy atom. The molecule has 0 bridgehead atoms. The van der Waals surface area contributed by atoms with Crippen molar-refractivity contribution in [3.63, 3.8) is 0 Å². The first kappa shape index (κ1) is 17.2. The zero-order valence-corrected chi connectivity index (χ0v) is 14.7. The fourth-order valence-electron chi connectivity index (χ4n) is 2.74. The zero-order chi connectivity index (χ0) is 18.0. The van der Waals surface area contributed by atoms with E-state index in [0.29, 0.717) is 36.5 Å². The van der Waals surface area contributed by atoms with E-state index in [1.807, 2.05) is 51.1 Å². The molecule has 0 saturated heterocycles. The molecule has 3 rings (SSSR count). The van der Waals surface area contributed by atoms with Gasteiger partial charge >= 0.3 is 11.7 Å². The van der Waals surface area contributed by atoms with Crippen molar-refractivity contribution < 1.29 is 13.9 Å². The lowest BCUT2D eigenvalue weighted by atomic mass is 10.1. The molecular weight excluding hydrogens is 320 g/mol. The van der Waals surface area contributed by atoms with E-state index in [0.717, 1.165) is 5.56 Å². The molecule has 0 radical (unpaired) electrons. The maximum absolute atomic E-state index is 12.3. The maximum Gasteiger partial charge on any atom is 0.410 e. The van der Waals surface area contributed by atoms with Gasteiger partial charge in [-0.15, -0.1) is 0 Å². The number of carbonyl (C=O) groups is 1. The number of carbonyl (C=O) groups excluding carboxylic acids is 1. The lowest BCUT2D eigenvalue weighted by Crippen LogP contribution is -2.41. The smallest absolute Gasteiger partial charge is 0.410 e. The molecule has 0 atom stereocenters. The fraction of sp³-hybridized carbons (Fsp3) is 0.421. The molecule has 2 aromatic rings. The number of amides is 1. The normalized spacial score (nSPS) is 14.1. The van der Waals surface area contributed by atoms with E-state index in [2.05, 4.69) is 4.98 Å². The van der Waals surface area contributed by atoms with Crippen LogP contribution in [0.5, 0.6) is 0 Å². The van der Waals surface area contributed by atoms with Crippen LogP contribution in [-0.2, 0) is 24.1 Å². The SMILES string of the molecule is CC(C)(C)OC(=O)N1CCc2c(nc(Cc3ccccc3)oc2=O)C1. The van der Waals surface area contributed by atoms with Crippen molar-refractivity contribution in [2.45, 2.75) is 45.8 Å². The summed E-state index contributed by atoms with van der Waals surface area (Å²) < 4.78 is 10.8. The first-order chi connectivity index (χ1) is 11.8. The lowest BCUT2D eigenvalue weighted by molar-refractivity contribution is 0.0218. The third kappa shape index (κ3) is 4.26. The van der Waals surface area contributed by atoms with Crippen LogP contribution in [0.1, 0.15) is 43.5 Å². The van der Waals surface area contributed by atoms with Crippen LogP contribution in [0.3, 0.4) is 0 Å². The minimum Gasteiger partial charge on any atom is -0.444 e. The van der Waals surface area contributed by atoms with Gasteiger partial charge in [0.25, 0.3) is 0 Å². The molecule has 132 valence electrons. The number of aromatic nitrogens is 1. The lowest BCUT2D eigenvalue weighted by Gasteiger charge is -2.30. The molecule has 0 saturated carbocycles. The Kier molecular flexibility index (Phi) is 4.61. The Bertz CT molecular complexity index is 822. The van der Waals surface area contributed by atoms with E-state index < -0.39 is 11.7 Å². The van der Waals surface area contributed by atoms with Gasteiger partial charge in [0.1, 0.15) is 5.60 Å². The fourth-order valence-corrected chi connectivity index (χ4v) is 2.74. The summed E-state index contributed by atoms with van der Waals surface area (Å²) in [6.07, 6.45) is 0.475. The highest BCUT2D eigenvalue weighted by Gasteiger charge is 2.28. The molecule has 0 fully saturated rings. The highest BCUT2D eigenvalue weighted by Crippen LogP contribution is 2.18. The molecule has 1 aliphatic rings. The molecule has 1 aromatic carbocycles. The van der Waals surface area contributed by atoms with Gasteiger partial charge in [0.05, 0.1) is 17.8 Å². The molecule has 0 unspecified atom stereocenters. The number of rotatable bonds is 2. The number of ether oxygens (including phenoxy) is 1. The summed E-state index contributed by atoms with van der Waals surface area (Å²) in [5.74, 6) is 0.362. The van der Waals surface area contributed by atoms with E-state index in [1.54, 1.807) is 4.90 Å². The van der Waals surface area contributed by atoms with Crippen LogP contribution in [0.4, 0.5) is 4.79 Å². The second kappa shape index (κ2) is 6.70. The predicted molar refractivity (Wildman–Crippen MR) is 92.4 cm³/mol. The van der Waals surface area contributed by atoms with Gasteiger partial charge in [-0.2, -0.15) is 0 Å². The van der Waals surface area contributed by atoms with Crippen LogP contribution in [-0.4, -0.2) is 28.1 Å². The topological polar surface area (TPSA) is 72.6 Å². The van der Waals surface area contributed by atoms with E-state index in [-0.39, 0.29) is 12.2 Å². The zero-order valence-electron chi connectivity index (χ0n) is 14.7. The Morgan fingerprint density at radius 1 is 1.28 bits per heavy atom. The van der Waals surface area contributed by atoms with E-state index in [4.69, 9.17) is 9.15 Å². The van der Waals surface area contributed by atoms with Gasteiger partial charge < -0.3 is 14.1 Å². The standard InChI is InChI=1S/C19H22N2O4/c1-19(2,3)25-18(23)21-10-9-14-15(12-21)20-16(24-17(14)22)11-13-7-5-4-6-8-13/h4-8H,9-12H2,1-3H3. The summed E-state index contributed by atoms with van der Waals surface area (Å²) in [7, 11) is 0. The molecule has 1 aliphatic heterocycles. The summed E-state index contributed by atoms with van der Waals surface area (Å²) in [6.45, 7) is 6.17. The molecule has 25 heavy (non-hydrogen) atoms. The van der Waals surface area contributed by atoms with Crippen molar-refractivity contribution in [2.75, 3.05) is 6.54 Å². The highest BCUT2D eigenvalue weighted by atomic mass is 16.6. The third-order valence-electron chi connectivity index (χ3n) is 3.89. The summed E-state index contributed by atoms with van der Waals surface area (Å²) >= 11 is 0. The van der Waals surface area contributed by atoms with Gasteiger partial charge in [0.15, 0.2) is 0 Å². The molecule has 6 nitrogen and oxygen atoms in total. The Labute approximate surface area is 146 Å². The average molecular weight is 342 g/mol.